The van der Waals surface area contributed by atoms with Crippen LogP contribution in [0.25, 0.3) is 10.1 Å². The van der Waals surface area contributed by atoms with Crippen LogP contribution >= 0.6 is 11.5 Å². The van der Waals surface area contributed by atoms with Gasteiger partial charge in [-0.3, -0.25) is 0 Å². The van der Waals surface area contributed by atoms with Gasteiger partial charge in [0.05, 0.1) is 10.4 Å². The maximum absolute atomic E-state index is 6.05. The molecule has 2 nitrogen and oxygen atoms in total. The molecule has 3 rings (SSSR count). The van der Waals surface area contributed by atoms with Gasteiger partial charge in [0.1, 0.15) is 0 Å². The summed E-state index contributed by atoms with van der Waals surface area (Å²) < 4.78 is 5.71. The molecule has 1 aromatic heterocycles. The Bertz CT molecular complexity index is 538. The molecule has 0 amide bonds. The predicted molar refractivity (Wildman–Crippen MR) is 73.6 cm³/mol. The number of hydrogen-bond donors (Lipinski definition) is 1. The van der Waals surface area contributed by atoms with Crippen LogP contribution in [0.3, 0.4) is 0 Å². The molecule has 2 N–H and O–H groups in total. The van der Waals surface area contributed by atoms with Gasteiger partial charge in [-0.2, -0.15) is 4.37 Å². The molecule has 90 valence electrons. The number of nitrogens with zero attached hydrogens (tertiary/aromatic N) is 1. The summed E-state index contributed by atoms with van der Waals surface area (Å²) in [4.78, 5) is 0. The molecule has 1 aliphatic rings. The molecule has 2 aromatic rings. The standard InChI is InChI=1S/C14H18N2S/c1-10-12-8-11(4-5-13(12)17-16-10)14(9-15)6-2-3-7-14/h4-5,8H,2-3,6-7,9,15H2,1H3. The SMILES string of the molecule is Cc1nsc2ccc(C3(CN)CCCC3)cc12. The third-order valence-electron chi connectivity index (χ3n) is 4.21. The fourth-order valence-electron chi connectivity index (χ4n) is 3.05. The van der Waals surface area contributed by atoms with Crippen LogP contribution in [0.15, 0.2) is 18.2 Å². The third kappa shape index (κ3) is 1.69. The van der Waals surface area contributed by atoms with E-state index in [1.165, 1.54) is 41.3 Å². The van der Waals surface area contributed by atoms with Gasteiger partial charge in [-0.25, -0.2) is 0 Å². The van der Waals surface area contributed by atoms with Crippen molar-refractivity contribution in [3.05, 3.63) is 29.5 Å². The monoisotopic (exact) mass is 246 g/mol. The molecule has 0 spiro atoms. The van der Waals surface area contributed by atoms with E-state index in [0.717, 1.165) is 12.2 Å². The first-order valence-electron chi connectivity index (χ1n) is 6.32. The summed E-state index contributed by atoms with van der Waals surface area (Å²) in [5.41, 5.74) is 8.86. The Hall–Kier alpha value is -0.930. The van der Waals surface area contributed by atoms with E-state index in [0.29, 0.717) is 0 Å². The molecule has 0 bridgehead atoms. The molecule has 0 saturated heterocycles. The van der Waals surface area contributed by atoms with Gasteiger partial charge in [0.25, 0.3) is 0 Å². The first-order chi connectivity index (χ1) is 8.25. The fourth-order valence-corrected chi connectivity index (χ4v) is 3.82. The highest BCUT2D eigenvalue weighted by Crippen LogP contribution is 2.41. The zero-order valence-electron chi connectivity index (χ0n) is 10.2. The van der Waals surface area contributed by atoms with Crippen molar-refractivity contribution in [1.29, 1.82) is 0 Å². The van der Waals surface area contributed by atoms with Gasteiger partial charge in [-0.05, 0) is 49.0 Å². The second-order valence-electron chi connectivity index (χ2n) is 5.17. The van der Waals surface area contributed by atoms with E-state index < -0.39 is 0 Å². The molecule has 1 heterocycles. The van der Waals surface area contributed by atoms with Gasteiger partial charge in [0.15, 0.2) is 0 Å². The van der Waals surface area contributed by atoms with Crippen molar-refractivity contribution in [2.75, 3.05) is 6.54 Å². The summed E-state index contributed by atoms with van der Waals surface area (Å²) in [6, 6.07) is 6.80. The van der Waals surface area contributed by atoms with Gasteiger partial charge in [0.2, 0.25) is 0 Å². The van der Waals surface area contributed by atoms with Gasteiger partial charge < -0.3 is 5.73 Å². The minimum atomic E-state index is 0.239. The predicted octanol–water partition coefficient (Wildman–Crippen LogP) is 3.38. The molecule has 1 fully saturated rings. The largest absolute Gasteiger partial charge is 0.330 e. The van der Waals surface area contributed by atoms with Crippen LogP contribution in [0.2, 0.25) is 0 Å². The van der Waals surface area contributed by atoms with Crippen LogP contribution in [-0.4, -0.2) is 10.9 Å². The van der Waals surface area contributed by atoms with Crippen LogP contribution in [0.5, 0.6) is 0 Å². The Morgan fingerprint density at radius 3 is 2.82 bits per heavy atom. The van der Waals surface area contributed by atoms with E-state index in [4.69, 9.17) is 5.73 Å². The summed E-state index contributed by atoms with van der Waals surface area (Å²) in [6.45, 7) is 2.86. The molecule has 1 saturated carbocycles. The summed E-state index contributed by atoms with van der Waals surface area (Å²) in [5.74, 6) is 0. The fraction of sp³-hybridized carbons (Fsp3) is 0.500. The Kier molecular flexibility index (Phi) is 2.68. The van der Waals surface area contributed by atoms with Gasteiger partial charge in [-0.15, -0.1) is 0 Å². The maximum atomic E-state index is 6.05. The quantitative estimate of drug-likeness (QED) is 0.882. The molecule has 0 aliphatic heterocycles. The van der Waals surface area contributed by atoms with Crippen molar-refractivity contribution < 1.29 is 0 Å². The van der Waals surface area contributed by atoms with Crippen molar-refractivity contribution in [2.45, 2.75) is 38.0 Å². The van der Waals surface area contributed by atoms with E-state index in [1.54, 1.807) is 11.5 Å². The number of aromatic nitrogens is 1. The summed E-state index contributed by atoms with van der Waals surface area (Å²) in [6.07, 6.45) is 5.11. The average molecular weight is 246 g/mol. The summed E-state index contributed by atoms with van der Waals surface area (Å²) in [5, 5.41) is 1.31. The van der Waals surface area contributed by atoms with Crippen molar-refractivity contribution in [3.63, 3.8) is 0 Å². The van der Waals surface area contributed by atoms with Crippen molar-refractivity contribution >= 4 is 21.6 Å². The number of hydrogen-bond acceptors (Lipinski definition) is 3. The van der Waals surface area contributed by atoms with E-state index in [2.05, 4.69) is 29.5 Å². The lowest BCUT2D eigenvalue weighted by molar-refractivity contribution is 0.453. The van der Waals surface area contributed by atoms with Gasteiger partial charge in [0, 0.05) is 17.3 Å². The number of fused-ring (bicyclic) bond motifs is 1. The molecular weight excluding hydrogens is 228 g/mol. The minimum absolute atomic E-state index is 0.239. The van der Waals surface area contributed by atoms with E-state index in [9.17, 15) is 0 Å². The lowest BCUT2D eigenvalue weighted by Crippen LogP contribution is -2.31. The molecule has 1 aliphatic carbocycles. The van der Waals surface area contributed by atoms with Crippen molar-refractivity contribution in [2.24, 2.45) is 5.73 Å². The Morgan fingerprint density at radius 1 is 1.35 bits per heavy atom. The maximum Gasteiger partial charge on any atom is 0.0589 e. The number of nitrogens with two attached hydrogens (primary N) is 1. The second kappa shape index (κ2) is 4.07. The normalized spacial score (nSPS) is 18.9. The molecule has 3 heteroatoms. The lowest BCUT2D eigenvalue weighted by atomic mass is 9.78. The Balaban J connectivity index is 2.13. The van der Waals surface area contributed by atoms with Crippen molar-refractivity contribution in [3.8, 4) is 0 Å². The van der Waals surface area contributed by atoms with E-state index >= 15 is 0 Å². The Labute approximate surface area is 106 Å². The molecule has 0 unspecified atom stereocenters. The zero-order valence-corrected chi connectivity index (χ0v) is 11.0. The number of benzene rings is 1. The highest BCUT2D eigenvalue weighted by molar-refractivity contribution is 7.13. The minimum Gasteiger partial charge on any atom is -0.330 e. The second-order valence-corrected chi connectivity index (χ2v) is 5.98. The first kappa shape index (κ1) is 11.2. The van der Waals surface area contributed by atoms with Crippen LogP contribution in [0, 0.1) is 6.92 Å². The smallest absolute Gasteiger partial charge is 0.0589 e. The van der Waals surface area contributed by atoms with Crippen LogP contribution in [0.4, 0.5) is 0 Å². The molecule has 0 radical (unpaired) electrons. The van der Waals surface area contributed by atoms with E-state index in [1.807, 2.05) is 0 Å². The molecule has 17 heavy (non-hydrogen) atoms. The lowest BCUT2D eigenvalue weighted by Gasteiger charge is -2.28. The third-order valence-corrected chi connectivity index (χ3v) is 5.13. The zero-order chi connectivity index (χ0) is 11.9. The highest BCUT2D eigenvalue weighted by atomic mass is 32.1. The van der Waals surface area contributed by atoms with Gasteiger partial charge >= 0.3 is 0 Å². The van der Waals surface area contributed by atoms with Crippen LogP contribution in [-0.2, 0) is 5.41 Å². The van der Waals surface area contributed by atoms with Crippen LogP contribution < -0.4 is 5.73 Å². The summed E-state index contributed by atoms with van der Waals surface area (Å²) in [7, 11) is 0. The Morgan fingerprint density at radius 2 is 2.12 bits per heavy atom. The van der Waals surface area contributed by atoms with Crippen LogP contribution in [0.1, 0.15) is 36.9 Å². The van der Waals surface area contributed by atoms with Gasteiger partial charge in [-0.1, -0.05) is 18.9 Å². The van der Waals surface area contributed by atoms with E-state index in [-0.39, 0.29) is 5.41 Å². The van der Waals surface area contributed by atoms with Crippen molar-refractivity contribution in [1.82, 2.24) is 4.37 Å². The first-order valence-corrected chi connectivity index (χ1v) is 7.09. The number of aryl methyl sites for hydroxylation is 1. The molecule has 0 atom stereocenters. The summed E-state index contributed by atoms with van der Waals surface area (Å²) >= 11 is 1.59. The molecular formula is C14H18N2S. The average Bonchev–Trinajstić information content (AvgIpc) is 2.97. The topological polar surface area (TPSA) is 38.9 Å². The number of rotatable bonds is 2. The molecule has 1 aromatic carbocycles. The highest BCUT2D eigenvalue weighted by Gasteiger charge is 2.34.